The number of rotatable bonds is 3. The highest BCUT2D eigenvalue weighted by Crippen LogP contribution is 2.25. The molecule has 0 spiro atoms. The van der Waals surface area contributed by atoms with Gasteiger partial charge in [0.05, 0.1) is 23.2 Å². The second-order valence-corrected chi connectivity index (χ2v) is 6.45. The van der Waals surface area contributed by atoms with Crippen molar-refractivity contribution in [3.05, 3.63) is 39.3 Å². The molecule has 0 aliphatic carbocycles. The van der Waals surface area contributed by atoms with Crippen LogP contribution in [0.3, 0.4) is 0 Å². The van der Waals surface area contributed by atoms with Gasteiger partial charge >= 0.3 is 0 Å². The number of nitrogens with one attached hydrogen (secondary N) is 2. The number of anilines is 1. The van der Waals surface area contributed by atoms with Crippen LogP contribution in [0.5, 0.6) is 0 Å². The summed E-state index contributed by atoms with van der Waals surface area (Å²) < 4.78 is 27.0. The normalized spacial score (nSPS) is 11.4. The van der Waals surface area contributed by atoms with Gasteiger partial charge in [-0.1, -0.05) is 11.6 Å². The smallest absolute Gasteiger partial charge is 0.279 e. The molecule has 8 heteroatoms. The summed E-state index contributed by atoms with van der Waals surface area (Å²) in [5, 5.41) is 0.340. The van der Waals surface area contributed by atoms with E-state index in [9.17, 15) is 8.42 Å². The van der Waals surface area contributed by atoms with Crippen molar-refractivity contribution in [2.75, 3.05) is 4.72 Å². The highest BCUT2D eigenvalue weighted by atomic mass is 127. The van der Waals surface area contributed by atoms with Gasteiger partial charge in [0.1, 0.15) is 0 Å². The molecule has 1 aromatic carbocycles. The summed E-state index contributed by atoms with van der Waals surface area (Å²) in [6.07, 6.45) is 2.52. The maximum Gasteiger partial charge on any atom is 0.279 e. The quantitative estimate of drug-likeness (QED) is 0.800. The molecular formula is C9H7ClIN3O2S. The van der Waals surface area contributed by atoms with Crippen LogP contribution in [0.15, 0.2) is 35.7 Å². The maximum absolute atomic E-state index is 11.9. The van der Waals surface area contributed by atoms with Crippen LogP contribution in [-0.2, 0) is 10.0 Å². The third-order valence-corrected chi connectivity index (χ3v) is 4.21. The van der Waals surface area contributed by atoms with Gasteiger partial charge < -0.3 is 4.98 Å². The average Bonchev–Trinajstić information content (AvgIpc) is 2.76. The molecule has 5 nitrogen and oxygen atoms in total. The number of imidazole rings is 1. The van der Waals surface area contributed by atoms with Gasteiger partial charge in [-0.2, -0.15) is 8.42 Å². The van der Waals surface area contributed by atoms with Crippen LogP contribution < -0.4 is 4.72 Å². The minimum atomic E-state index is -3.66. The minimum absolute atomic E-state index is 0.00730. The predicted molar refractivity (Wildman–Crippen MR) is 73.6 cm³/mol. The monoisotopic (exact) mass is 383 g/mol. The Morgan fingerprint density at radius 2 is 2.18 bits per heavy atom. The third-order valence-electron chi connectivity index (χ3n) is 1.94. The summed E-state index contributed by atoms with van der Waals surface area (Å²) in [5.74, 6) is 0. The number of benzene rings is 1. The van der Waals surface area contributed by atoms with E-state index in [1.165, 1.54) is 12.5 Å². The lowest BCUT2D eigenvalue weighted by molar-refractivity contribution is 0.598. The number of sulfonamides is 1. The SMILES string of the molecule is O=S(=O)(Nc1ccc(I)cc1Cl)c1cnc[nH]1. The summed E-state index contributed by atoms with van der Waals surface area (Å²) in [7, 11) is -3.66. The highest BCUT2D eigenvalue weighted by molar-refractivity contribution is 14.1. The van der Waals surface area contributed by atoms with E-state index in [1.54, 1.807) is 18.2 Å². The number of H-pyrrole nitrogens is 1. The molecule has 0 radical (unpaired) electrons. The first kappa shape index (κ1) is 12.7. The molecule has 1 aromatic heterocycles. The molecule has 0 atom stereocenters. The molecule has 90 valence electrons. The molecule has 2 aromatic rings. The number of halogens is 2. The number of aromatic amines is 1. The molecular weight excluding hydrogens is 377 g/mol. The summed E-state index contributed by atoms with van der Waals surface area (Å²) in [6.45, 7) is 0. The summed E-state index contributed by atoms with van der Waals surface area (Å²) in [4.78, 5) is 6.18. The van der Waals surface area contributed by atoms with E-state index in [0.29, 0.717) is 10.7 Å². The van der Waals surface area contributed by atoms with Gasteiger partial charge in [0.15, 0.2) is 5.03 Å². The van der Waals surface area contributed by atoms with Gasteiger partial charge in [-0.3, -0.25) is 4.72 Å². The van der Waals surface area contributed by atoms with E-state index in [-0.39, 0.29) is 5.03 Å². The zero-order chi connectivity index (χ0) is 12.5. The van der Waals surface area contributed by atoms with Crippen molar-refractivity contribution in [3.8, 4) is 0 Å². The molecule has 0 saturated carbocycles. The fraction of sp³-hybridized carbons (Fsp3) is 0. The van der Waals surface area contributed by atoms with Gasteiger partial charge in [-0.25, -0.2) is 4.98 Å². The topological polar surface area (TPSA) is 74.8 Å². The van der Waals surface area contributed by atoms with Gasteiger partial charge in [0.2, 0.25) is 0 Å². The Morgan fingerprint density at radius 1 is 1.41 bits per heavy atom. The molecule has 0 unspecified atom stereocenters. The van der Waals surface area contributed by atoms with Crippen LogP contribution in [-0.4, -0.2) is 18.4 Å². The van der Waals surface area contributed by atoms with Gasteiger partial charge in [0, 0.05) is 3.57 Å². The highest BCUT2D eigenvalue weighted by Gasteiger charge is 2.16. The van der Waals surface area contributed by atoms with E-state index in [2.05, 4.69) is 37.3 Å². The number of hydrogen-bond donors (Lipinski definition) is 2. The van der Waals surface area contributed by atoms with E-state index < -0.39 is 10.0 Å². The lowest BCUT2D eigenvalue weighted by Gasteiger charge is -2.08. The summed E-state index contributed by atoms with van der Waals surface area (Å²) in [5.41, 5.74) is 0.335. The number of hydrogen-bond acceptors (Lipinski definition) is 3. The van der Waals surface area contributed by atoms with Crippen molar-refractivity contribution in [1.29, 1.82) is 0 Å². The average molecular weight is 384 g/mol. The van der Waals surface area contributed by atoms with Crippen molar-refractivity contribution in [2.45, 2.75) is 5.03 Å². The van der Waals surface area contributed by atoms with Crippen molar-refractivity contribution < 1.29 is 8.42 Å². The lowest BCUT2D eigenvalue weighted by atomic mass is 10.3. The molecule has 17 heavy (non-hydrogen) atoms. The lowest BCUT2D eigenvalue weighted by Crippen LogP contribution is -2.13. The Kier molecular flexibility index (Phi) is 3.59. The minimum Gasteiger partial charge on any atom is -0.334 e. The first-order valence-electron chi connectivity index (χ1n) is 4.45. The van der Waals surface area contributed by atoms with Crippen molar-refractivity contribution >= 4 is 49.9 Å². The van der Waals surface area contributed by atoms with Crippen molar-refractivity contribution in [3.63, 3.8) is 0 Å². The maximum atomic E-state index is 11.9. The van der Waals surface area contributed by atoms with Crippen LogP contribution in [0.25, 0.3) is 0 Å². The van der Waals surface area contributed by atoms with Crippen LogP contribution in [0.1, 0.15) is 0 Å². The Bertz CT molecular complexity index is 628. The van der Waals surface area contributed by atoms with Crippen LogP contribution in [0.4, 0.5) is 5.69 Å². The molecule has 1 heterocycles. The van der Waals surface area contributed by atoms with E-state index >= 15 is 0 Å². The molecule has 0 amide bonds. The fourth-order valence-electron chi connectivity index (χ4n) is 1.16. The Balaban J connectivity index is 2.33. The predicted octanol–water partition coefficient (Wildman–Crippen LogP) is 2.47. The number of aromatic nitrogens is 2. The Labute approximate surface area is 117 Å². The van der Waals surface area contributed by atoms with E-state index in [1.807, 2.05) is 0 Å². The molecule has 0 aliphatic rings. The zero-order valence-corrected chi connectivity index (χ0v) is 12.0. The van der Waals surface area contributed by atoms with Crippen LogP contribution >= 0.6 is 34.2 Å². The standard InChI is InChI=1S/C9H7ClIN3O2S/c10-7-3-6(11)1-2-8(7)14-17(15,16)9-4-12-5-13-9/h1-5,14H,(H,12,13). The Hall–Kier alpha value is -0.800. The number of nitrogens with zero attached hydrogens (tertiary/aromatic N) is 1. The van der Waals surface area contributed by atoms with E-state index in [0.717, 1.165) is 3.57 Å². The zero-order valence-electron chi connectivity index (χ0n) is 8.31. The fourth-order valence-corrected chi connectivity index (χ4v) is 3.11. The molecule has 0 saturated heterocycles. The molecule has 2 rings (SSSR count). The van der Waals surface area contributed by atoms with Crippen molar-refractivity contribution in [1.82, 2.24) is 9.97 Å². The van der Waals surface area contributed by atoms with Gasteiger partial charge in [-0.05, 0) is 40.8 Å². The Morgan fingerprint density at radius 3 is 2.76 bits per heavy atom. The first-order valence-corrected chi connectivity index (χ1v) is 7.39. The van der Waals surface area contributed by atoms with Crippen LogP contribution in [0.2, 0.25) is 5.02 Å². The molecule has 2 N–H and O–H groups in total. The largest absolute Gasteiger partial charge is 0.334 e. The molecule has 0 bridgehead atoms. The summed E-state index contributed by atoms with van der Waals surface area (Å²) >= 11 is 8.03. The summed E-state index contributed by atoms with van der Waals surface area (Å²) in [6, 6.07) is 5.04. The van der Waals surface area contributed by atoms with E-state index in [4.69, 9.17) is 11.6 Å². The molecule has 0 fully saturated rings. The molecule has 0 aliphatic heterocycles. The van der Waals surface area contributed by atoms with Gasteiger partial charge in [0.25, 0.3) is 10.0 Å². The second-order valence-electron chi connectivity index (χ2n) is 3.15. The third kappa shape index (κ3) is 2.90. The van der Waals surface area contributed by atoms with Crippen LogP contribution in [0, 0.1) is 3.57 Å². The second kappa shape index (κ2) is 4.83. The first-order chi connectivity index (χ1) is 7.99. The van der Waals surface area contributed by atoms with Crippen molar-refractivity contribution in [2.24, 2.45) is 0 Å². The van der Waals surface area contributed by atoms with Gasteiger partial charge in [-0.15, -0.1) is 0 Å².